The molecule has 0 aliphatic carbocycles. The van der Waals surface area contributed by atoms with Crippen molar-refractivity contribution in [3.8, 4) is 11.3 Å². The Morgan fingerprint density at radius 2 is 1.70 bits per heavy atom. The first-order valence-electron chi connectivity index (χ1n) is 9.95. The van der Waals surface area contributed by atoms with Crippen molar-refractivity contribution in [2.24, 2.45) is 4.40 Å². The van der Waals surface area contributed by atoms with E-state index in [1.807, 2.05) is 13.0 Å². The molecule has 0 saturated heterocycles. The van der Waals surface area contributed by atoms with Crippen molar-refractivity contribution in [3.05, 3.63) is 94.0 Å². The molecule has 4 rings (SSSR count). The number of sulfonamides is 1. The summed E-state index contributed by atoms with van der Waals surface area (Å²) in [6, 6.07) is 19.3. The van der Waals surface area contributed by atoms with E-state index in [9.17, 15) is 23.3 Å². The Balaban J connectivity index is 2.02. The lowest BCUT2D eigenvalue weighted by Gasteiger charge is -2.08. The third kappa shape index (κ3) is 4.18. The highest BCUT2D eigenvalue weighted by Gasteiger charge is 2.23. The van der Waals surface area contributed by atoms with Crippen LogP contribution in [0.5, 0.6) is 0 Å². The van der Waals surface area contributed by atoms with Gasteiger partial charge in [0.25, 0.3) is 15.7 Å². The second kappa shape index (κ2) is 8.44. The van der Waals surface area contributed by atoms with Gasteiger partial charge in [0.2, 0.25) is 5.91 Å². The van der Waals surface area contributed by atoms with Crippen molar-refractivity contribution in [1.82, 2.24) is 4.57 Å². The summed E-state index contributed by atoms with van der Waals surface area (Å²) >= 11 is 0. The molecule has 0 aliphatic heterocycles. The van der Waals surface area contributed by atoms with Gasteiger partial charge in [0, 0.05) is 30.0 Å². The van der Waals surface area contributed by atoms with Crippen LogP contribution in [0, 0.1) is 17.0 Å². The quantitative estimate of drug-likeness (QED) is 0.236. The monoisotopic (exact) mass is 461 g/mol. The number of aryl methyl sites for hydroxylation is 1. The number of carbonyl (C=O) groups is 1. The number of hydrogen-bond donors (Lipinski definition) is 0. The van der Waals surface area contributed by atoms with E-state index < -0.39 is 14.9 Å². The summed E-state index contributed by atoms with van der Waals surface area (Å²) in [7, 11) is -4.04. The Morgan fingerprint density at radius 3 is 2.30 bits per heavy atom. The van der Waals surface area contributed by atoms with Crippen LogP contribution in [0.25, 0.3) is 22.2 Å². The summed E-state index contributed by atoms with van der Waals surface area (Å²) < 4.78 is 30.9. The van der Waals surface area contributed by atoms with Crippen molar-refractivity contribution in [2.75, 3.05) is 0 Å². The van der Waals surface area contributed by atoms with Crippen molar-refractivity contribution < 1.29 is 18.1 Å². The zero-order chi connectivity index (χ0) is 23.8. The van der Waals surface area contributed by atoms with E-state index in [1.165, 1.54) is 41.8 Å². The number of nitro benzene ring substituents is 1. The third-order valence-corrected chi connectivity index (χ3v) is 6.45. The van der Waals surface area contributed by atoms with Gasteiger partial charge in [-0.25, -0.2) is 0 Å². The Morgan fingerprint density at radius 1 is 1.03 bits per heavy atom. The van der Waals surface area contributed by atoms with Gasteiger partial charge >= 0.3 is 0 Å². The molecule has 0 atom stereocenters. The average molecular weight is 461 g/mol. The number of carbonyl (C=O) groups excluding carboxylic acids is 1. The summed E-state index contributed by atoms with van der Waals surface area (Å²) in [5, 5.41) is 11.7. The molecule has 33 heavy (non-hydrogen) atoms. The molecule has 9 heteroatoms. The van der Waals surface area contributed by atoms with E-state index >= 15 is 0 Å². The topological polar surface area (TPSA) is 112 Å². The maximum atomic E-state index is 12.8. The standard InChI is InChI=1S/C24H19N3O5S/c1-16-8-11-20(12-9-16)33(31,32)25-15-22-21-14-19(27(29)30)10-13-23(21)26(17(2)28)24(22)18-6-4-3-5-7-18/h3-15H,1-2H3/b25-15+. The smallest absolute Gasteiger partial charge is 0.279 e. The van der Waals surface area contributed by atoms with Gasteiger partial charge in [0.15, 0.2) is 0 Å². The van der Waals surface area contributed by atoms with Crippen molar-refractivity contribution in [3.63, 3.8) is 0 Å². The van der Waals surface area contributed by atoms with Crippen LogP contribution in [-0.4, -0.2) is 30.0 Å². The minimum absolute atomic E-state index is 0.0203. The summed E-state index contributed by atoms with van der Waals surface area (Å²) in [6.07, 6.45) is 1.16. The molecule has 166 valence electrons. The molecule has 0 amide bonds. The average Bonchev–Trinajstić information content (AvgIpc) is 3.12. The van der Waals surface area contributed by atoms with Gasteiger partial charge in [-0.1, -0.05) is 48.0 Å². The minimum atomic E-state index is -4.04. The van der Waals surface area contributed by atoms with Gasteiger partial charge < -0.3 is 0 Å². The molecule has 0 N–H and O–H groups in total. The first-order valence-corrected chi connectivity index (χ1v) is 11.4. The van der Waals surface area contributed by atoms with E-state index in [4.69, 9.17) is 0 Å². The molecule has 4 aromatic rings. The molecule has 1 aromatic heterocycles. The van der Waals surface area contributed by atoms with Crippen LogP contribution >= 0.6 is 0 Å². The second-order valence-corrected chi connectivity index (χ2v) is 9.10. The van der Waals surface area contributed by atoms with Gasteiger partial charge in [-0.2, -0.15) is 12.8 Å². The van der Waals surface area contributed by atoms with Gasteiger partial charge in [0.05, 0.1) is 27.2 Å². The molecule has 0 bridgehead atoms. The highest BCUT2D eigenvalue weighted by Crippen LogP contribution is 2.35. The molecule has 0 radical (unpaired) electrons. The van der Waals surface area contributed by atoms with Crippen LogP contribution < -0.4 is 0 Å². The maximum absolute atomic E-state index is 12.8. The Hall–Kier alpha value is -4.11. The number of fused-ring (bicyclic) bond motifs is 1. The van der Waals surface area contributed by atoms with Crippen LogP contribution in [0.1, 0.15) is 22.8 Å². The number of rotatable bonds is 5. The zero-order valence-electron chi connectivity index (χ0n) is 17.8. The number of hydrogen-bond acceptors (Lipinski definition) is 5. The van der Waals surface area contributed by atoms with Gasteiger partial charge in [-0.15, -0.1) is 0 Å². The number of benzene rings is 3. The lowest BCUT2D eigenvalue weighted by atomic mass is 10.1. The van der Waals surface area contributed by atoms with Gasteiger partial charge in [0.1, 0.15) is 0 Å². The molecule has 3 aromatic carbocycles. The predicted molar refractivity (Wildman–Crippen MR) is 126 cm³/mol. The zero-order valence-corrected chi connectivity index (χ0v) is 18.6. The number of nitro groups is 1. The Kier molecular flexibility index (Phi) is 5.65. The number of aromatic nitrogens is 1. The second-order valence-electron chi connectivity index (χ2n) is 7.46. The molecule has 0 fully saturated rings. The lowest BCUT2D eigenvalue weighted by molar-refractivity contribution is -0.384. The molecule has 0 unspecified atom stereocenters. The van der Waals surface area contributed by atoms with Crippen LogP contribution in [0.2, 0.25) is 0 Å². The van der Waals surface area contributed by atoms with Gasteiger partial charge in [-0.05, 0) is 30.7 Å². The van der Waals surface area contributed by atoms with Crippen molar-refractivity contribution in [2.45, 2.75) is 18.7 Å². The molecule has 0 spiro atoms. The SMILES string of the molecule is CC(=O)n1c(-c2ccccc2)c(/C=N/S(=O)(=O)c2ccc(C)cc2)c2cc([N+](=O)[O-])ccc21. The van der Waals surface area contributed by atoms with Crippen LogP contribution in [-0.2, 0) is 10.0 Å². The third-order valence-electron chi connectivity index (χ3n) is 5.20. The number of nitrogens with zero attached hydrogens (tertiary/aromatic N) is 3. The van der Waals surface area contributed by atoms with Crippen LogP contribution in [0.3, 0.4) is 0 Å². The largest absolute Gasteiger partial charge is 0.282 e. The van der Waals surface area contributed by atoms with E-state index in [2.05, 4.69) is 4.40 Å². The summed E-state index contributed by atoms with van der Waals surface area (Å²) in [5.74, 6) is -0.325. The predicted octanol–water partition coefficient (Wildman–Crippen LogP) is 4.99. The molecule has 0 aliphatic rings. The number of non-ortho nitro benzene ring substituents is 1. The minimum Gasteiger partial charge on any atom is -0.279 e. The molecule has 8 nitrogen and oxygen atoms in total. The van der Waals surface area contributed by atoms with E-state index in [0.29, 0.717) is 27.7 Å². The molecular weight excluding hydrogens is 442 g/mol. The first-order chi connectivity index (χ1) is 15.7. The molecule has 1 heterocycles. The van der Waals surface area contributed by atoms with Crippen molar-refractivity contribution in [1.29, 1.82) is 0 Å². The van der Waals surface area contributed by atoms with E-state index in [0.717, 1.165) is 11.8 Å². The fourth-order valence-electron chi connectivity index (χ4n) is 3.65. The van der Waals surface area contributed by atoms with E-state index in [1.54, 1.807) is 36.4 Å². The fraction of sp³-hybridized carbons (Fsp3) is 0.0833. The summed E-state index contributed by atoms with van der Waals surface area (Å²) in [5.41, 5.74) is 2.48. The first kappa shape index (κ1) is 22.1. The highest BCUT2D eigenvalue weighted by molar-refractivity contribution is 7.90. The Bertz CT molecular complexity index is 1520. The highest BCUT2D eigenvalue weighted by atomic mass is 32.2. The summed E-state index contributed by atoms with van der Waals surface area (Å²) in [4.78, 5) is 23.5. The maximum Gasteiger partial charge on any atom is 0.282 e. The lowest BCUT2D eigenvalue weighted by Crippen LogP contribution is -2.07. The van der Waals surface area contributed by atoms with Crippen LogP contribution in [0.4, 0.5) is 5.69 Å². The van der Waals surface area contributed by atoms with Gasteiger partial charge in [-0.3, -0.25) is 19.5 Å². The van der Waals surface area contributed by atoms with Crippen LogP contribution in [0.15, 0.2) is 82.1 Å². The van der Waals surface area contributed by atoms with Crippen molar-refractivity contribution >= 4 is 38.7 Å². The Labute approximate surface area is 190 Å². The molecular formula is C24H19N3O5S. The normalized spacial score (nSPS) is 11.8. The fourth-order valence-corrected chi connectivity index (χ4v) is 4.49. The molecule has 0 saturated carbocycles. The van der Waals surface area contributed by atoms with E-state index in [-0.39, 0.29) is 16.5 Å². The summed E-state index contributed by atoms with van der Waals surface area (Å²) in [6.45, 7) is 3.21.